The number of hydrogen-bond acceptors (Lipinski definition) is 1. The summed E-state index contributed by atoms with van der Waals surface area (Å²) in [6, 6.07) is 7.59. The lowest BCUT2D eigenvalue weighted by atomic mass is 9.95. The monoisotopic (exact) mass is 214 g/mol. The second kappa shape index (κ2) is 5.06. The van der Waals surface area contributed by atoms with E-state index in [1.165, 1.54) is 0 Å². The maximum atomic E-state index is 11.7. The summed E-state index contributed by atoms with van der Waals surface area (Å²) in [5, 5.41) is 2.91. The molecule has 0 aliphatic carbocycles. The molecule has 3 nitrogen and oxygen atoms in total. The van der Waals surface area contributed by atoms with Crippen LogP contribution in [0.5, 0.6) is 0 Å². The van der Waals surface area contributed by atoms with Crippen molar-refractivity contribution >= 4 is 19.3 Å². The molecule has 0 spiro atoms. The topological polar surface area (TPSA) is 32.3 Å². The van der Waals surface area contributed by atoms with Gasteiger partial charge in [-0.15, -0.1) is 0 Å². The van der Waals surface area contributed by atoms with Crippen molar-refractivity contribution in [2.24, 2.45) is 0 Å². The molecule has 2 rings (SSSR count). The lowest BCUT2D eigenvalue weighted by Gasteiger charge is -2.16. The van der Waals surface area contributed by atoms with Gasteiger partial charge < -0.3 is 10.2 Å². The standard InChI is InChI=1S/C12H15BN2O/c13-11-5-3-10(4-6-11)9-14-12(16)15-7-1-2-8-15/h3-6H,1-2,7-9H2,(H,14,16). The quantitative estimate of drug-likeness (QED) is 0.725. The molecule has 0 saturated carbocycles. The molecule has 1 aromatic rings. The summed E-state index contributed by atoms with van der Waals surface area (Å²) in [5.41, 5.74) is 1.82. The third kappa shape index (κ3) is 2.78. The van der Waals surface area contributed by atoms with E-state index in [1.807, 2.05) is 29.2 Å². The highest BCUT2D eigenvalue weighted by Crippen LogP contribution is 2.07. The molecule has 0 bridgehead atoms. The number of carbonyl (C=O) groups excluding carboxylic acids is 1. The second-order valence-corrected chi connectivity index (χ2v) is 4.09. The minimum Gasteiger partial charge on any atom is -0.334 e. The van der Waals surface area contributed by atoms with Gasteiger partial charge in [-0.2, -0.15) is 0 Å². The van der Waals surface area contributed by atoms with E-state index in [9.17, 15) is 4.79 Å². The highest BCUT2D eigenvalue weighted by atomic mass is 16.2. The van der Waals surface area contributed by atoms with Crippen molar-refractivity contribution in [2.75, 3.05) is 13.1 Å². The SMILES string of the molecule is [B]c1ccc(CNC(=O)N2CCCC2)cc1. The Morgan fingerprint density at radius 2 is 1.88 bits per heavy atom. The maximum Gasteiger partial charge on any atom is 0.317 e. The van der Waals surface area contributed by atoms with Crippen LogP contribution in [0.15, 0.2) is 24.3 Å². The van der Waals surface area contributed by atoms with E-state index in [2.05, 4.69) is 5.32 Å². The fourth-order valence-corrected chi connectivity index (χ4v) is 1.85. The predicted molar refractivity (Wildman–Crippen MR) is 64.9 cm³/mol. The molecule has 1 aromatic carbocycles. The molecular formula is C12H15BN2O. The number of nitrogens with one attached hydrogen (secondary N) is 1. The molecule has 1 saturated heterocycles. The molecule has 1 N–H and O–H groups in total. The fraction of sp³-hybridized carbons (Fsp3) is 0.417. The summed E-state index contributed by atoms with van der Waals surface area (Å²) >= 11 is 0. The lowest BCUT2D eigenvalue weighted by molar-refractivity contribution is 0.208. The molecule has 0 atom stereocenters. The Kier molecular flexibility index (Phi) is 3.49. The smallest absolute Gasteiger partial charge is 0.317 e. The van der Waals surface area contributed by atoms with Crippen molar-refractivity contribution in [1.29, 1.82) is 0 Å². The summed E-state index contributed by atoms with van der Waals surface area (Å²) in [6.45, 7) is 2.33. The minimum absolute atomic E-state index is 0.0364. The van der Waals surface area contributed by atoms with Gasteiger partial charge in [0.15, 0.2) is 0 Å². The van der Waals surface area contributed by atoms with Crippen LogP contribution in [0.1, 0.15) is 18.4 Å². The summed E-state index contributed by atoms with van der Waals surface area (Å²) in [7, 11) is 5.59. The number of urea groups is 1. The highest BCUT2D eigenvalue weighted by Gasteiger charge is 2.16. The predicted octanol–water partition coefficient (Wildman–Crippen LogP) is 0.786. The zero-order chi connectivity index (χ0) is 11.4. The summed E-state index contributed by atoms with van der Waals surface area (Å²) in [4.78, 5) is 13.5. The van der Waals surface area contributed by atoms with E-state index in [-0.39, 0.29) is 6.03 Å². The van der Waals surface area contributed by atoms with Crippen LogP contribution in [0.4, 0.5) is 4.79 Å². The summed E-state index contributed by atoms with van der Waals surface area (Å²) in [6.07, 6.45) is 2.24. The number of likely N-dealkylation sites (tertiary alicyclic amines) is 1. The number of nitrogens with zero attached hydrogens (tertiary/aromatic N) is 1. The first-order valence-electron chi connectivity index (χ1n) is 5.63. The van der Waals surface area contributed by atoms with Gasteiger partial charge in [-0.25, -0.2) is 4.79 Å². The van der Waals surface area contributed by atoms with Crippen molar-refractivity contribution in [1.82, 2.24) is 10.2 Å². The van der Waals surface area contributed by atoms with Crippen LogP contribution in [0, 0.1) is 0 Å². The number of benzene rings is 1. The van der Waals surface area contributed by atoms with Crippen molar-refractivity contribution in [3.63, 3.8) is 0 Å². The van der Waals surface area contributed by atoms with Gasteiger partial charge in [0.05, 0.1) is 0 Å². The Labute approximate surface area is 97.2 Å². The molecule has 1 aliphatic rings. The van der Waals surface area contributed by atoms with Gasteiger partial charge in [-0.3, -0.25) is 0 Å². The van der Waals surface area contributed by atoms with Gasteiger partial charge >= 0.3 is 6.03 Å². The van der Waals surface area contributed by atoms with E-state index in [1.54, 1.807) is 0 Å². The van der Waals surface area contributed by atoms with Gasteiger partial charge in [0.2, 0.25) is 0 Å². The van der Waals surface area contributed by atoms with Crippen molar-refractivity contribution in [3.05, 3.63) is 29.8 Å². The normalized spacial score (nSPS) is 15.1. The van der Waals surface area contributed by atoms with Crippen LogP contribution >= 0.6 is 0 Å². The van der Waals surface area contributed by atoms with E-state index < -0.39 is 0 Å². The van der Waals surface area contributed by atoms with Crippen LogP contribution in [-0.4, -0.2) is 31.9 Å². The average Bonchev–Trinajstić information content (AvgIpc) is 2.81. The number of amides is 2. The van der Waals surface area contributed by atoms with Crippen molar-refractivity contribution in [3.8, 4) is 0 Å². The zero-order valence-corrected chi connectivity index (χ0v) is 9.28. The molecule has 0 unspecified atom stereocenters. The molecule has 0 aromatic heterocycles. The van der Waals surface area contributed by atoms with E-state index >= 15 is 0 Å². The van der Waals surface area contributed by atoms with E-state index in [4.69, 9.17) is 7.85 Å². The van der Waals surface area contributed by atoms with Crippen LogP contribution in [0.3, 0.4) is 0 Å². The first kappa shape index (κ1) is 11.1. The first-order chi connectivity index (χ1) is 7.75. The molecule has 4 heteroatoms. The first-order valence-corrected chi connectivity index (χ1v) is 5.63. The Balaban J connectivity index is 1.82. The molecule has 1 fully saturated rings. The number of carbonyl (C=O) groups is 1. The van der Waals surface area contributed by atoms with E-state index in [0.717, 1.165) is 37.0 Å². The largest absolute Gasteiger partial charge is 0.334 e. The second-order valence-electron chi connectivity index (χ2n) is 4.09. The Hall–Kier alpha value is -1.45. The van der Waals surface area contributed by atoms with Crippen LogP contribution in [0.25, 0.3) is 0 Å². The summed E-state index contributed by atoms with van der Waals surface area (Å²) in [5.74, 6) is 0. The number of rotatable bonds is 2. The maximum absolute atomic E-state index is 11.7. The fourth-order valence-electron chi connectivity index (χ4n) is 1.85. The molecule has 1 heterocycles. The third-order valence-electron chi connectivity index (χ3n) is 2.82. The Morgan fingerprint density at radius 1 is 1.25 bits per heavy atom. The molecular weight excluding hydrogens is 199 g/mol. The van der Waals surface area contributed by atoms with Crippen LogP contribution in [-0.2, 0) is 6.54 Å². The van der Waals surface area contributed by atoms with Gasteiger partial charge in [-0.05, 0) is 18.4 Å². The van der Waals surface area contributed by atoms with Gasteiger partial charge in [-0.1, -0.05) is 29.7 Å². The van der Waals surface area contributed by atoms with E-state index in [0.29, 0.717) is 6.54 Å². The lowest BCUT2D eigenvalue weighted by Crippen LogP contribution is -2.37. The zero-order valence-electron chi connectivity index (χ0n) is 9.28. The molecule has 2 amide bonds. The molecule has 82 valence electrons. The molecule has 16 heavy (non-hydrogen) atoms. The van der Waals surface area contributed by atoms with Gasteiger partial charge in [0.1, 0.15) is 7.85 Å². The minimum atomic E-state index is 0.0364. The third-order valence-corrected chi connectivity index (χ3v) is 2.82. The van der Waals surface area contributed by atoms with Gasteiger partial charge in [0.25, 0.3) is 0 Å². The Morgan fingerprint density at radius 3 is 2.50 bits per heavy atom. The van der Waals surface area contributed by atoms with Crippen LogP contribution in [0.2, 0.25) is 0 Å². The van der Waals surface area contributed by atoms with Gasteiger partial charge in [0, 0.05) is 19.6 Å². The molecule has 1 aliphatic heterocycles. The number of hydrogen-bond donors (Lipinski definition) is 1. The highest BCUT2D eigenvalue weighted by molar-refractivity contribution is 6.32. The average molecular weight is 214 g/mol. The molecule has 2 radical (unpaired) electrons. The van der Waals surface area contributed by atoms with Crippen molar-refractivity contribution < 1.29 is 4.79 Å². The van der Waals surface area contributed by atoms with Crippen LogP contribution < -0.4 is 10.8 Å². The Bertz CT molecular complexity index is 358. The van der Waals surface area contributed by atoms with Crippen molar-refractivity contribution in [2.45, 2.75) is 19.4 Å². The summed E-state index contributed by atoms with van der Waals surface area (Å²) < 4.78 is 0.